The Morgan fingerprint density at radius 1 is 0.971 bits per heavy atom. The van der Waals surface area contributed by atoms with Crippen molar-refractivity contribution in [3.05, 3.63) is 47.0 Å². The molecule has 1 saturated heterocycles. The summed E-state index contributed by atoms with van der Waals surface area (Å²) < 4.78 is 16.1. The van der Waals surface area contributed by atoms with Gasteiger partial charge in [0.05, 0.1) is 27.0 Å². The molecule has 0 radical (unpaired) electrons. The molecular weight excluding hydrogens is 466 g/mol. The zero-order chi connectivity index (χ0) is 24.8. The van der Waals surface area contributed by atoms with Gasteiger partial charge in [0.1, 0.15) is 0 Å². The van der Waals surface area contributed by atoms with Gasteiger partial charge in [-0.1, -0.05) is 23.7 Å². The number of methoxy groups -OCH3 is 3. The third-order valence-electron chi connectivity index (χ3n) is 7.27. The van der Waals surface area contributed by atoms with Crippen LogP contribution in [0.4, 0.5) is 10.5 Å². The van der Waals surface area contributed by atoms with Gasteiger partial charge in [0, 0.05) is 29.2 Å². The minimum absolute atomic E-state index is 0.143. The molecule has 0 unspecified atom stereocenters. The normalized spacial score (nSPS) is 20.9. The highest BCUT2D eigenvalue weighted by molar-refractivity contribution is 6.30. The number of nitrogens with one attached hydrogen (secondary N) is 2. The number of hydrogen-bond acceptors (Lipinski definition) is 5. The first-order chi connectivity index (χ1) is 17.0. The molecule has 7 nitrogen and oxygen atoms in total. The molecule has 2 amide bonds. The number of rotatable bonds is 8. The Labute approximate surface area is 213 Å². The van der Waals surface area contributed by atoms with E-state index in [1.807, 2.05) is 12.1 Å². The van der Waals surface area contributed by atoms with Crippen molar-refractivity contribution in [1.82, 2.24) is 10.2 Å². The number of piperidine rings is 1. The van der Waals surface area contributed by atoms with Gasteiger partial charge in [-0.15, -0.1) is 0 Å². The average Bonchev–Trinajstić information content (AvgIpc) is 3.33. The zero-order valence-electron chi connectivity index (χ0n) is 20.8. The number of carbonyl (C=O) groups excluding carboxylic acids is 1. The second-order valence-electron chi connectivity index (χ2n) is 9.43. The van der Waals surface area contributed by atoms with E-state index in [9.17, 15) is 4.79 Å². The van der Waals surface area contributed by atoms with Crippen molar-refractivity contribution in [3.63, 3.8) is 0 Å². The van der Waals surface area contributed by atoms with E-state index in [1.165, 1.54) is 18.4 Å². The molecule has 0 bridgehead atoms. The van der Waals surface area contributed by atoms with Crippen molar-refractivity contribution in [2.75, 3.05) is 39.7 Å². The lowest BCUT2D eigenvalue weighted by Gasteiger charge is -2.38. The summed E-state index contributed by atoms with van der Waals surface area (Å²) in [6, 6.07) is 12.0. The Bertz CT molecular complexity index is 967. The van der Waals surface area contributed by atoms with Crippen molar-refractivity contribution in [2.24, 2.45) is 5.92 Å². The van der Waals surface area contributed by atoms with Crippen molar-refractivity contribution in [3.8, 4) is 17.2 Å². The maximum atomic E-state index is 12.9. The summed E-state index contributed by atoms with van der Waals surface area (Å²) in [5, 5.41) is 6.94. The van der Waals surface area contributed by atoms with E-state index < -0.39 is 0 Å². The lowest BCUT2D eigenvalue weighted by molar-refractivity contribution is 0.119. The first kappa shape index (κ1) is 25.5. The number of benzene rings is 2. The molecule has 1 aliphatic heterocycles. The number of nitrogens with zero attached hydrogens (tertiary/aromatic N) is 1. The second kappa shape index (κ2) is 11.9. The lowest BCUT2D eigenvalue weighted by Crippen LogP contribution is -2.52. The topological polar surface area (TPSA) is 72.1 Å². The van der Waals surface area contributed by atoms with Crippen LogP contribution in [0.25, 0.3) is 0 Å². The Morgan fingerprint density at radius 3 is 2.23 bits per heavy atom. The van der Waals surface area contributed by atoms with Gasteiger partial charge in [0.25, 0.3) is 0 Å². The monoisotopic (exact) mass is 501 g/mol. The number of hydrogen-bond donors (Lipinski definition) is 2. The highest BCUT2D eigenvalue weighted by atomic mass is 35.5. The van der Waals surface area contributed by atoms with Crippen LogP contribution in [0.15, 0.2) is 36.4 Å². The van der Waals surface area contributed by atoms with Crippen LogP contribution in [0.5, 0.6) is 17.2 Å². The molecule has 8 heteroatoms. The molecule has 2 fully saturated rings. The van der Waals surface area contributed by atoms with E-state index in [0.717, 1.165) is 43.8 Å². The number of halogens is 1. The SMILES string of the molecule is COc1cc(NC(=O)N[C@@H]2CCC[C@@H]2N2CCC(Cc3ccc(Cl)cc3)CC2)cc(OC)c1OC. The summed E-state index contributed by atoms with van der Waals surface area (Å²) in [4.78, 5) is 15.4. The third-order valence-corrected chi connectivity index (χ3v) is 7.53. The predicted octanol–water partition coefficient (Wildman–Crippen LogP) is 5.36. The van der Waals surface area contributed by atoms with Crippen LogP contribution in [-0.2, 0) is 6.42 Å². The number of urea groups is 1. The zero-order valence-corrected chi connectivity index (χ0v) is 21.6. The fraction of sp³-hybridized carbons (Fsp3) is 0.519. The maximum Gasteiger partial charge on any atom is 0.319 e. The molecule has 190 valence electrons. The van der Waals surface area contributed by atoms with Crippen molar-refractivity contribution >= 4 is 23.3 Å². The van der Waals surface area contributed by atoms with E-state index in [2.05, 4.69) is 27.7 Å². The molecule has 2 atom stereocenters. The van der Waals surface area contributed by atoms with Gasteiger partial charge in [0.15, 0.2) is 11.5 Å². The number of anilines is 1. The summed E-state index contributed by atoms with van der Waals surface area (Å²) in [6.07, 6.45) is 6.72. The molecule has 2 N–H and O–H groups in total. The standard InChI is InChI=1S/C27H36ClN3O4/c1-33-24-16-21(17-25(34-2)26(24)35-3)29-27(32)30-22-5-4-6-23(22)31-13-11-19(12-14-31)15-18-7-9-20(28)10-8-18/h7-10,16-17,19,22-23H,4-6,11-15H2,1-3H3,(H2,29,30,32)/t22-,23+/m1/s1. The largest absolute Gasteiger partial charge is 0.493 e. The summed E-state index contributed by atoms with van der Waals surface area (Å²) >= 11 is 6.02. The molecule has 0 aromatic heterocycles. The van der Waals surface area contributed by atoms with Gasteiger partial charge in [-0.25, -0.2) is 4.79 Å². The van der Waals surface area contributed by atoms with Crippen LogP contribution in [0.1, 0.15) is 37.7 Å². The Hall–Kier alpha value is -2.64. The van der Waals surface area contributed by atoms with E-state index in [1.54, 1.807) is 33.5 Å². The van der Waals surface area contributed by atoms with Gasteiger partial charge in [-0.05, 0) is 75.2 Å². The molecule has 2 aromatic rings. The fourth-order valence-electron chi connectivity index (χ4n) is 5.48. The summed E-state index contributed by atoms with van der Waals surface area (Å²) in [5.74, 6) is 2.20. The maximum absolute atomic E-state index is 12.9. The van der Waals surface area contributed by atoms with Crippen LogP contribution < -0.4 is 24.8 Å². The van der Waals surface area contributed by atoms with Crippen molar-refractivity contribution in [1.29, 1.82) is 0 Å². The average molecular weight is 502 g/mol. The molecule has 1 heterocycles. The summed E-state index contributed by atoms with van der Waals surface area (Å²) in [5.41, 5.74) is 1.95. The molecule has 2 aromatic carbocycles. The Balaban J connectivity index is 1.31. The molecule has 0 spiro atoms. The van der Waals surface area contributed by atoms with E-state index in [-0.39, 0.29) is 12.1 Å². The van der Waals surface area contributed by atoms with E-state index in [4.69, 9.17) is 25.8 Å². The van der Waals surface area contributed by atoms with Crippen molar-refractivity contribution < 1.29 is 19.0 Å². The Morgan fingerprint density at radius 2 is 1.63 bits per heavy atom. The minimum atomic E-state index is -0.214. The molecule has 2 aliphatic rings. The van der Waals surface area contributed by atoms with E-state index in [0.29, 0.717) is 34.9 Å². The first-order valence-electron chi connectivity index (χ1n) is 12.4. The van der Waals surface area contributed by atoms with Crippen LogP contribution in [0.2, 0.25) is 5.02 Å². The lowest BCUT2D eigenvalue weighted by atomic mass is 9.89. The van der Waals surface area contributed by atoms with Gasteiger partial charge in [-0.2, -0.15) is 0 Å². The van der Waals surface area contributed by atoms with Gasteiger partial charge < -0.3 is 24.8 Å². The second-order valence-corrected chi connectivity index (χ2v) is 9.86. The Kier molecular flexibility index (Phi) is 8.63. The molecular formula is C27H36ClN3O4. The molecule has 35 heavy (non-hydrogen) atoms. The molecule has 1 aliphatic carbocycles. The number of carbonyl (C=O) groups is 1. The highest BCUT2D eigenvalue weighted by Crippen LogP contribution is 2.40. The van der Waals surface area contributed by atoms with Crippen LogP contribution in [0.3, 0.4) is 0 Å². The van der Waals surface area contributed by atoms with Gasteiger partial charge in [-0.3, -0.25) is 4.90 Å². The minimum Gasteiger partial charge on any atom is -0.493 e. The number of amides is 2. The van der Waals surface area contributed by atoms with Crippen LogP contribution in [-0.4, -0.2) is 57.4 Å². The predicted molar refractivity (Wildman–Crippen MR) is 139 cm³/mol. The fourth-order valence-corrected chi connectivity index (χ4v) is 5.60. The molecule has 1 saturated carbocycles. The number of ether oxygens (including phenoxy) is 3. The smallest absolute Gasteiger partial charge is 0.319 e. The summed E-state index contributed by atoms with van der Waals surface area (Å²) in [6.45, 7) is 2.16. The van der Waals surface area contributed by atoms with E-state index >= 15 is 0 Å². The van der Waals surface area contributed by atoms with Crippen LogP contribution >= 0.6 is 11.6 Å². The highest BCUT2D eigenvalue weighted by Gasteiger charge is 2.35. The summed E-state index contributed by atoms with van der Waals surface area (Å²) in [7, 11) is 4.67. The van der Waals surface area contributed by atoms with Gasteiger partial charge in [0.2, 0.25) is 5.75 Å². The first-order valence-corrected chi connectivity index (χ1v) is 12.7. The third kappa shape index (κ3) is 6.33. The number of likely N-dealkylation sites (tertiary alicyclic amines) is 1. The van der Waals surface area contributed by atoms with Crippen molar-refractivity contribution in [2.45, 2.75) is 50.6 Å². The quantitative estimate of drug-likeness (QED) is 0.509. The van der Waals surface area contributed by atoms with Crippen LogP contribution in [0, 0.1) is 5.92 Å². The van der Waals surface area contributed by atoms with Gasteiger partial charge >= 0.3 is 6.03 Å². The molecule has 4 rings (SSSR count).